The van der Waals surface area contributed by atoms with Crippen LogP contribution in [0.4, 0.5) is 0 Å². The molecule has 1 saturated heterocycles. The van der Waals surface area contributed by atoms with E-state index in [2.05, 4.69) is 38.0 Å². The van der Waals surface area contributed by atoms with Crippen LogP contribution in [0, 0.1) is 17.3 Å². The van der Waals surface area contributed by atoms with Crippen LogP contribution in [0.25, 0.3) is 0 Å². The smallest absolute Gasteiger partial charge is 0.223 e. The fourth-order valence-electron chi connectivity index (χ4n) is 3.90. The molecule has 20 heavy (non-hydrogen) atoms. The van der Waals surface area contributed by atoms with Crippen LogP contribution in [0.5, 0.6) is 0 Å². The summed E-state index contributed by atoms with van der Waals surface area (Å²) in [4.78, 5) is 14.9. The second-order valence-corrected chi connectivity index (χ2v) is 7.43. The van der Waals surface area contributed by atoms with E-state index in [0.717, 1.165) is 25.9 Å². The molecule has 116 valence electrons. The molecule has 0 aromatic carbocycles. The summed E-state index contributed by atoms with van der Waals surface area (Å²) in [5.41, 5.74) is 6.16. The Labute approximate surface area is 123 Å². The lowest BCUT2D eigenvalue weighted by molar-refractivity contribution is -0.132. The number of nitrogens with one attached hydrogen (secondary N) is 1. The van der Waals surface area contributed by atoms with Gasteiger partial charge in [-0.1, -0.05) is 20.8 Å². The minimum absolute atomic E-state index is 0.0106. The van der Waals surface area contributed by atoms with E-state index >= 15 is 0 Å². The molecule has 4 unspecified atom stereocenters. The number of rotatable bonds is 3. The van der Waals surface area contributed by atoms with E-state index in [1.807, 2.05) is 0 Å². The van der Waals surface area contributed by atoms with Crippen molar-refractivity contribution in [2.24, 2.45) is 23.0 Å². The highest BCUT2D eigenvalue weighted by atomic mass is 16.1. The molecule has 0 spiro atoms. The Balaban J connectivity index is 1.91. The predicted octanol–water partition coefficient (Wildman–Crippen LogP) is 1.60. The van der Waals surface area contributed by atoms with Gasteiger partial charge in [0, 0.05) is 24.5 Å². The number of carbonyl (C=O) groups is 1. The van der Waals surface area contributed by atoms with E-state index in [0.29, 0.717) is 12.0 Å². The Hall–Kier alpha value is -0.610. The maximum atomic E-state index is 12.6. The molecule has 1 amide bonds. The van der Waals surface area contributed by atoms with Gasteiger partial charge in [0.2, 0.25) is 5.91 Å². The molecule has 1 aliphatic carbocycles. The second-order valence-electron chi connectivity index (χ2n) is 7.43. The Morgan fingerprint density at radius 2 is 2.05 bits per heavy atom. The number of nitrogens with two attached hydrogens (primary N) is 1. The lowest BCUT2D eigenvalue weighted by atomic mass is 9.61. The maximum Gasteiger partial charge on any atom is 0.223 e. The van der Waals surface area contributed by atoms with Crippen LogP contribution in [-0.4, -0.2) is 43.0 Å². The minimum atomic E-state index is -0.0106. The SMILES string of the molecule is CC1C(N)CCC(C(=O)NCC2CCCN2C)C1(C)C. The van der Waals surface area contributed by atoms with Crippen LogP contribution < -0.4 is 11.1 Å². The second kappa shape index (κ2) is 6.02. The highest BCUT2D eigenvalue weighted by molar-refractivity contribution is 5.79. The fourth-order valence-corrected chi connectivity index (χ4v) is 3.90. The van der Waals surface area contributed by atoms with Gasteiger partial charge in [-0.2, -0.15) is 0 Å². The van der Waals surface area contributed by atoms with E-state index in [1.54, 1.807) is 0 Å². The maximum absolute atomic E-state index is 12.6. The molecule has 1 aliphatic heterocycles. The Kier molecular flexibility index (Phi) is 4.75. The van der Waals surface area contributed by atoms with Gasteiger partial charge >= 0.3 is 0 Å². The van der Waals surface area contributed by atoms with E-state index in [-0.39, 0.29) is 23.3 Å². The standard InChI is InChI=1S/C16H31N3O/c1-11-14(17)8-7-13(16(11,2)3)15(20)18-10-12-6-5-9-19(12)4/h11-14H,5-10,17H2,1-4H3,(H,18,20). The summed E-state index contributed by atoms with van der Waals surface area (Å²) in [7, 11) is 2.15. The highest BCUT2D eigenvalue weighted by Gasteiger charge is 2.45. The van der Waals surface area contributed by atoms with Crippen LogP contribution in [0.15, 0.2) is 0 Å². The molecular weight excluding hydrogens is 250 g/mol. The van der Waals surface area contributed by atoms with Gasteiger partial charge < -0.3 is 16.0 Å². The number of likely N-dealkylation sites (tertiary alicyclic amines) is 1. The number of carbonyl (C=O) groups excluding carboxylic acids is 1. The van der Waals surface area contributed by atoms with Crippen molar-refractivity contribution in [1.29, 1.82) is 0 Å². The molecule has 2 fully saturated rings. The summed E-state index contributed by atoms with van der Waals surface area (Å²) in [6.07, 6.45) is 4.33. The minimum Gasteiger partial charge on any atom is -0.354 e. The predicted molar refractivity (Wildman–Crippen MR) is 82.3 cm³/mol. The highest BCUT2D eigenvalue weighted by Crippen LogP contribution is 2.44. The molecule has 1 heterocycles. The zero-order valence-corrected chi connectivity index (χ0v) is 13.5. The average molecular weight is 281 g/mol. The van der Waals surface area contributed by atoms with Gasteiger partial charge in [-0.25, -0.2) is 0 Å². The number of amides is 1. The van der Waals surface area contributed by atoms with Gasteiger partial charge in [0.1, 0.15) is 0 Å². The molecule has 2 rings (SSSR count). The number of likely N-dealkylation sites (N-methyl/N-ethyl adjacent to an activating group) is 1. The van der Waals surface area contributed by atoms with Crippen molar-refractivity contribution in [1.82, 2.24) is 10.2 Å². The molecule has 0 bridgehead atoms. The number of hydrogen-bond donors (Lipinski definition) is 2. The van der Waals surface area contributed by atoms with Crippen molar-refractivity contribution >= 4 is 5.91 Å². The molecule has 2 aliphatic rings. The first kappa shape index (κ1) is 15.8. The van der Waals surface area contributed by atoms with Gasteiger partial charge in [0.25, 0.3) is 0 Å². The average Bonchev–Trinajstić information content (AvgIpc) is 2.79. The number of hydrogen-bond acceptors (Lipinski definition) is 3. The third-order valence-corrected chi connectivity index (χ3v) is 6.00. The van der Waals surface area contributed by atoms with E-state index in [4.69, 9.17) is 5.73 Å². The van der Waals surface area contributed by atoms with Crippen molar-refractivity contribution in [3.63, 3.8) is 0 Å². The summed E-state index contributed by atoms with van der Waals surface area (Å²) < 4.78 is 0. The molecule has 0 radical (unpaired) electrons. The summed E-state index contributed by atoms with van der Waals surface area (Å²) in [6, 6.07) is 0.750. The summed E-state index contributed by atoms with van der Waals surface area (Å²) in [6.45, 7) is 8.53. The quantitative estimate of drug-likeness (QED) is 0.826. The van der Waals surface area contributed by atoms with Crippen molar-refractivity contribution in [3.05, 3.63) is 0 Å². The summed E-state index contributed by atoms with van der Waals surface area (Å²) in [5, 5.41) is 3.19. The van der Waals surface area contributed by atoms with Gasteiger partial charge in [-0.15, -0.1) is 0 Å². The van der Waals surface area contributed by atoms with Gasteiger partial charge in [-0.3, -0.25) is 4.79 Å². The fraction of sp³-hybridized carbons (Fsp3) is 0.938. The zero-order chi connectivity index (χ0) is 14.9. The van der Waals surface area contributed by atoms with E-state index < -0.39 is 0 Å². The monoisotopic (exact) mass is 281 g/mol. The van der Waals surface area contributed by atoms with Gasteiger partial charge in [0.15, 0.2) is 0 Å². The molecule has 0 aromatic rings. The zero-order valence-electron chi connectivity index (χ0n) is 13.5. The normalized spacial score (nSPS) is 37.9. The lowest BCUT2D eigenvalue weighted by Crippen LogP contribution is -2.52. The largest absolute Gasteiger partial charge is 0.354 e. The van der Waals surface area contributed by atoms with Crippen LogP contribution in [0.2, 0.25) is 0 Å². The summed E-state index contributed by atoms with van der Waals surface area (Å²) >= 11 is 0. The Morgan fingerprint density at radius 3 is 2.65 bits per heavy atom. The van der Waals surface area contributed by atoms with Crippen LogP contribution in [-0.2, 0) is 4.79 Å². The molecular formula is C16H31N3O. The molecule has 0 aromatic heterocycles. The van der Waals surface area contributed by atoms with Gasteiger partial charge in [0.05, 0.1) is 0 Å². The van der Waals surface area contributed by atoms with Crippen molar-refractivity contribution in [3.8, 4) is 0 Å². The molecule has 4 heteroatoms. The molecule has 1 saturated carbocycles. The van der Waals surface area contributed by atoms with Crippen molar-refractivity contribution < 1.29 is 4.79 Å². The Morgan fingerprint density at radius 1 is 1.35 bits per heavy atom. The topological polar surface area (TPSA) is 58.4 Å². The first-order valence-electron chi connectivity index (χ1n) is 8.07. The van der Waals surface area contributed by atoms with Crippen molar-refractivity contribution in [2.45, 2.75) is 58.5 Å². The van der Waals surface area contributed by atoms with E-state index in [9.17, 15) is 4.79 Å². The molecule has 4 atom stereocenters. The van der Waals surface area contributed by atoms with Crippen LogP contribution in [0.1, 0.15) is 46.5 Å². The van der Waals surface area contributed by atoms with Crippen LogP contribution >= 0.6 is 0 Å². The molecule has 3 N–H and O–H groups in total. The van der Waals surface area contributed by atoms with Crippen molar-refractivity contribution in [2.75, 3.05) is 20.1 Å². The van der Waals surface area contributed by atoms with E-state index in [1.165, 1.54) is 12.8 Å². The third kappa shape index (κ3) is 3.01. The number of nitrogens with zero attached hydrogens (tertiary/aromatic N) is 1. The lowest BCUT2D eigenvalue weighted by Gasteiger charge is -2.46. The molecule has 4 nitrogen and oxygen atoms in total. The van der Waals surface area contributed by atoms with Crippen LogP contribution in [0.3, 0.4) is 0 Å². The van der Waals surface area contributed by atoms with Gasteiger partial charge in [-0.05, 0) is 50.6 Å². The Bertz CT molecular complexity index is 356. The third-order valence-electron chi connectivity index (χ3n) is 6.00. The first-order chi connectivity index (χ1) is 9.34. The first-order valence-corrected chi connectivity index (χ1v) is 8.07. The summed E-state index contributed by atoms with van der Waals surface area (Å²) in [5.74, 6) is 0.721.